The number of ether oxygens (including phenoxy) is 1. The van der Waals surface area contributed by atoms with E-state index in [-0.39, 0.29) is 62.1 Å². The molecule has 176 valence electrons. The molecule has 0 radical (unpaired) electrons. The van der Waals surface area contributed by atoms with Gasteiger partial charge in [0.2, 0.25) is 5.95 Å². The lowest BCUT2D eigenvalue weighted by Gasteiger charge is -2.58. The summed E-state index contributed by atoms with van der Waals surface area (Å²) >= 11 is 0.951. The highest BCUT2D eigenvalue weighted by Gasteiger charge is 2.52. The lowest BCUT2D eigenvalue weighted by Crippen LogP contribution is -2.65. The Morgan fingerprint density at radius 3 is 2.69 bits per heavy atom. The molecule has 0 amide bonds. The van der Waals surface area contributed by atoms with Gasteiger partial charge >= 0.3 is 0 Å². The van der Waals surface area contributed by atoms with Crippen molar-refractivity contribution in [3.63, 3.8) is 0 Å². The van der Waals surface area contributed by atoms with Gasteiger partial charge in [-0.15, -0.1) is 11.3 Å². The van der Waals surface area contributed by atoms with Crippen LogP contribution in [0.4, 0.5) is 19.7 Å². The highest BCUT2D eigenvalue weighted by atomic mass is 32.1. The average molecular weight is 492 g/mol. The minimum atomic E-state index is -0.608. The minimum absolute atomic E-state index is 0.0899. The molecule has 1 saturated heterocycles. The topological polar surface area (TPSA) is 127 Å². The van der Waals surface area contributed by atoms with Crippen LogP contribution in [-0.2, 0) is 18.0 Å². The predicted molar refractivity (Wildman–Crippen MR) is 128 cm³/mol. The quantitative estimate of drug-likeness (QED) is 0.436. The van der Waals surface area contributed by atoms with Crippen molar-refractivity contribution in [2.24, 2.45) is 11.1 Å². The Hall–Kier alpha value is -3.46. The van der Waals surface area contributed by atoms with Crippen LogP contribution in [0.25, 0.3) is 32.2 Å². The second-order valence-corrected chi connectivity index (χ2v) is 10.8. The van der Waals surface area contributed by atoms with Gasteiger partial charge < -0.3 is 21.1 Å². The molecule has 7 rings (SSSR count). The van der Waals surface area contributed by atoms with Crippen molar-refractivity contribution < 1.29 is 13.5 Å². The Balaban J connectivity index is 1.44. The Morgan fingerprint density at radius 2 is 1.94 bits per heavy atom. The molecular formula is C24H19F2N7OS. The van der Waals surface area contributed by atoms with Gasteiger partial charge in [-0.3, -0.25) is 4.98 Å². The lowest BCUT2D eigenvalue weighted by molar-refractivity contribution is 0.0652. The largest absolute Gasteiger partial charge is 0.389 e. The number of nitrogens with two attached hydrogens (primary N) is 2. The zero-order chi connectivity index (χ0) is 24.1. The zero-order valence-electron chi connectivity index (χ0n) is 18.4. The molecule has 1 aliphatic carbocycles. The molecule has 4 N–H and O–H groups in total. The van der Waals surface area contributed by atoms with Crippen LogP contribution < -0.4 is 16.4 Å². The fourth-order valence-electron chi connectivity index (χ4n) is 5.91. The Bertz CT molecular complexity index is 1610. The van der Waals surface area contributed by atoms with Gasteiger partial charge in [0.15, 0.2) is 11.6 Å². The first kappa shape index (κ1) is 20.9. The third-order valence-electron chi connectivity index (χ3n) is 7.46. The van der Waals surface area contributed by atoms with Crippen molar-refractivity contribution in [3.8, 4) is 17.3 Å². The molecule has 35 heavy (non-hydrogen) atoms. The number of benzene rings is 1. The molecule has 1 aromatic carbocycles. The van der Waals surface area contributed by atoms with E-state index in [1.807, 2.05) is 11.0 Å². The molecule has 3 aliphatic rings. The molecule has 4 aromatic rings. The summed E-state index contributed by atoms with van der Waals surface area (Å²) in [4.78, 5) is 15.4. The number of thiophene rings is 1. The fourth-order valence-corrected chi connectivity index (χ4v) is 6.83. The van der Waals surface area contributed by atoms with Crippen molar-refractivity contribution in [2.45, 2.75) is 32.1 Å². The number of rotatable bonds is 2. The lowest BCUT2D eigenvalue weighted by atomic mass is 9.61. The van der Waals surface area contributed by atoms with Gasteiger partial charge in [0, 0.05) is 47.1 Å². The van der Waals surface area contributed by atoms with Gasteiger partial charge in [0.05, 0.1) is 35.4 Å². The fraction of sp³-hybridized carbons (Fsp3) is 0.333. The number of hydrogen-bond acceptors (Lipinski definition) is 9. The summed E-state index contributed by atoms with van der Waals surface area (Å²) in [5, 5.41) is 10.6. The van der Waals surface area contributed by atoms with Crippen molar-refractivity contribution in [1.29, 1.82) is 5.26 Å². The van der Waals surface area contributed by atoms with Crippen LogP contribution in [0.5, 0.6) is 0 Å². The van der Waals surface area contributed by atoms with E-state index in [9.17, 15) is 9.65 Å². The number of nitriles is 1. The number of anilines is 2. The summed E-state index contributed by atoms with van der Waals surface area (Å²) in [5.41, 5.74) is 14.1. The molecule has 0 bridgehead atoms. The molecular weight excluding hydrogens is 472 g/mol. The Morgan fingerprint density at radius 1 is 1.17 bits per heavy atom. The van der Waals surface area contributed by atoms with Crippen LogP contribution in [0, 0.1) is 28.4 Å². The Kier molecular flexibility index (Phi) is 4.20. The van der Waals surface area contributed by atoms with Gasteiger partial charge in [-0.25, -0.2) is 18.7 Å². The molecule has 8 nitrogen and oxygen atoms in total. The van der Waals surface area contributed by atoms with Crippen LogP contribution in [0.2, 0.25) is 0 Å². The maximum absolute atomic E-state index is 16.3. The van der Waals surface area contributed by atoms with E-state index >= 15 is 4.39 Å². The molecule has 1 spiro atoms. The summed E-state index contributed by atoms with van der Waals surface area (Å²) in [6.07, 6.45) is 4.65. The third kappa shape index (κ3) is 2.78. The molecule has 3 aromatic heterocycles. The van der Waals surface area contributed by atoms with Gasteiger partial charge in [-0.05, 0) is 24.0 Å². The molecule has 0 unspecified atom stereocenters. The van der Waals surface area contributed by atoms with E-state index in [0.717, 1.165) is 49.0 Å². The summed E-state index contributed by atoms with van der Waals surface area (Å²) < 4.78 is 36.7. The van der Waals surface area contributed by atoms with Gasteiger partial charge in [-0.1, -0.05) is 0 Å². The van der Waals surface area contributed by atoms with Crippen molar-refractivity contribution in [1.82, 2.24) is 15.0 Å². The monoisotopic (exact) mass is 491 g/mol. The van der Waals surface area contributed by atoms with E-state index in [4.69, 9.17) is 16.2 Å². The summed E-state index contributed by atoms with van der Waals surface area (Å²) in [6.45, 7) is 2.03. The summed E-state index contributed by atoms with van der Waals surface area (Å²) in [7, 11) is 0. The van der Waals surface area contributed by atoms with Crippen LogP contribution >= 0.6 is 11.3 Å². The van der Waals surface area contributed by atoms with E-state index in [0.29, 0.717) is 16.9 Å². The normalized spacial score (nSPS) is 18.6. The number of nitrogen functional groups attached to an aromatic ring is 1. The average Bonchev–Trinajstić information content (AvgIpc) is 3.41. The molecule has 11 heteroatoms. The van der Waals surface area contributed by atoms with Gasteiger partial charge in [0.25, 0.3) is 0 Å². The first-order valence-electron chi connectivity index (χ1n) is 11.2. The first-order chi connectivity index (χ1) is 16.9. The third-order valence-corrected chi connectivity index (χ3v) is 8.49. The van der Waals surface area contributed by atoms with Crippen LogP contribution in [-0.4, -0.2) is 34.1 Å². The highest BCUT2D eigenvalue weighted by Crippen LogP contribution is 2.49. The van der Waals surface area contributed by atoms with E-state index in [2.05, 4.69) is 15.0 Å². The van der Waals surface area contributed by atoms with Crippen molar-refractivity contribution >= 4 is 43.3 Å². The molecule has 5 heterocycles. The van der Waals surface area contributed by atoms with E-state index < -0.39 is 11.6 Å². The number of pyridine rings is 1. The highest BCUT2D eigenvalue weighted by molar-refractivity contribution is 7.23. The summed E-state index contributed by atoms with van der Waals surface area (Å²) in [6, 6.07) is 2.28. The Labute approximate surface area is 202 Å². The standard InChI is InChI=1S/C24H19F2N7OS/c25-15-5-30-20(17-11(3-27)22(29)35-21(15)17)16-14-7-34-6-13(14)12-4-31-23(32-19(12)18(16)26)33-8-24(9-33)1-10(28)2-24/h4-5,10H,1-2,6-9,28-29H2. The predicted octanol–water partition coefficient (Wildman–Crippen LogP) is 3.60. The SMILES string of the molecule is N#Cc1c(N)sc2c(F)cnc(-c3c4c(c5cnc(N6CC7(CC(N)C7)C6)nc5c3F)COC4)c12. The minimum Gasteiger partial charge on any atom is -0.389 e. The number of nitrogens with zero attached hydrogens (tertiary/aromatic N) is 5. The number of hydrogen-bond donors (Lipinski definition) is 2. The number of aromatic nitrogens is 3. The van der Waals surface area contributed by atoms with Crippen LogP contribution in [0.3, 0.4) is 0 Å². The number of fused-ring (bicyclic) bond motifs is 4. The zero-order valence-corrected chi connectivity index (χ0v) is 19.3. The van der Waals surface area contributed by atoms with Crippen molar-refractivity contribution in [3.05, 3.63) is 40.7 Å². The maximum atomic E-state index is 16.3. The molecule has 1 saturated carbocycles. The van der Waals surface area contributed by atoms with Crippen LogP contribution in [0.1, 0.15) is 29.5 Å². The number of halogens is 2. The van der Waals surface area contributed by atoms with Gasteiger partial charge in [-0.2, -0.15) is 5.26 Å². The first-order valence-corrected chi connectivity index (χ1v) is 12.1. The second-order valence-electron chi connectivity index (χ2n) is 9.71. The smallest absolute Gasteiger partial charge is 0.226 e. The summed E-state index contributed by atoms with van der Waals surface area (Å²) in [5.74, 6) is -0.743. The van der Waals surface area contributed by atoms with E-state index in [1.54, 1.807) is 6.20 Å². The van der Waals surface area contributed by atoms with Crippen LogP contribution in [0.15, 0.2) is 12.4 Å². The maximum Gasteiger partial charge on any atom is 0.226 e. The molecule has 2 fully saturated rings. The van der Waals surface area contributed by atoms with E-state index in [1.165, 1.54) is 0 Å². The second kappa shape index (κ2) is 7.04. The van der Waals surface area contributed by atoms with Crippen molar-refractivity contribution in [2.75, 3.05) is 23.7 Å². The van der Waals surface area contributed by atoms with Gasteiger partial charge in [0.1, 0.15) is 16.6 Å². The molecule has 0 atom stereocenters. The molecule has 2 aliphatic heterocycles.